The van der Waals surface area contributed by atoms with Crippen LogP contribution in [0, 0.1) is 6.92 Å². The van der Waals surface area contributed by atoms with Gasteiger partial charge in [0.25, 0.3) is 0 Å². The second-order valence-electron chi connectivity index (χ2n) is 4.86. The molecule has 102 valence electrons. The number of aryl methyl sites for hydroxylation is 1. The number of carboxylic acids is 1. The first-order chi connectivity index (χ1) is 9.06. The molecule has 1 unspecified atom stereocenters. The van der Waals surface area contributed by atoms with Crippen molar-refractivity contribution in [2.24, 2.45) is 0 Å². The number of hydrogen-bond donors (Lipinski definition) is 2. The van der Waals surface area contributed by atoms with E-state index >= 15 is 0 Å². The van der Waals surface area contributed by atoms with Crippen LogP contribution >= 0.6 is 0 Å². The fourth-order valence-corrected chi connectivity index (χ4v) is 2.28. The Morgan fingerprint density at radius 3 is 3.00 bits per heavy atom. The predicted molar refractivity (Wildman–Crippen MR) is 70.9 cm³/mol. The second-order valence-corrected chi connectivity index (χ2v) is 4.86. The van der Waals surface area contributed by atoms with Crippen molar-refractivity contribution in [2.75, 3.05) is 13.1 Å². The number of nitrogens with one attached hydrogen (secondary N) is 1. The van der Waals surface area contributed by atoms with Crippen molar-refractivity contribution >= 4 is 12.0 Å². The highest BCUT2D eigenvalue weighted by atomic mass is 16.4. The van der Waals surface area contributed by atoms with Crippen LogP contribution in [0.4, 0.5) is 4.79 Å². The number of nitrogens with zero attached hydrogens (tertiary/aromatic N) is 1. The number of rotatable bonds is 5. The van der Waals surface area contributed by atoms with Gasteiger partial charge in [0, 0.05) is 19.5 Å². The third-order valence-electron chi connectivity index (χ3n) is 3.25. The maximum absolute atomic E-state index is 11.8. The molecule has 1 aromatic rings. The molecule has 0 aliphatic carbocycles. The average molecular weight is 262 g/mol. The maximum Gasteiger partial charge on any atom is 0.318 e. The number of carboxylic acid groups (broad SMARTS) is 1. The molecule has 0 radical (unpaired) electrons. The average Bonchev–Trinajstić information content (AvgIpc) is 2.71. The molecule has 0 saturated carbocycles. The summed E-state index contributed by atoms with van der Waals surface area (Å²) in [5.41, 5.74) is 2.25. The molecule has 1 aliphatic rings. The van der Waals surface area contributed by atoms with Crippen molar-refractivity contribution in [3.8, 4) is 0 Å². The zero-order valence-corrected chi connectivity index (χ0v) is 10.9. The summed E-state index contributed by atoms with van der Waals surface area (Å²) >= 11 is 0. The lowest BCUT2D eigenvalue weighted by molar-refractivity contribution is -0.137. The molecule has 5 nitrogen and oxygen atoms in total. The minimum absolute atomic E-state index is 0.00257. The van der Waals surface area contributed by atoms with E-state index < -0.39 is 5.97 Å². The normalized spacial score (nSPS) is 18.5. The summed E-state index contributed by atoms with van der Waals surface area (Å²) in [6.07, 6.45) is 0.585. The minimum Gasteiger partial charge on any atom is -0.481 e. The summed E-state index contributed by atoms with van der Waals surface area (Å²) in [7, 11) is 0. The van der Waals surface area contributed by atoms with Gasteiger partial charge in [-0.1, -0.05) is 29.8 Å². The fraction of sp³-hybridized carbons (Fsp3) is 0.429. The predicted octanol–water partition coefficient (Wildman–Crippen LogP) is 1.93. The highest BCUT2D eigenvalue weighted by Gasteiger charge is 2.29. The van der Waals surface area contributed by atoms with Crippen molar-refractivity contribution in [1.29, 1.82) is 0 Å². The van der Waals surface area contributed by atoms with Crippen molar-refractivity contribution in [3.63, 3.8) is 0 Å². The van der Waals surface area contributed by atoms with Gasteiger partial charge in [0.15, 0.2) is 0 Å². The van der Waals surface area contributed by atoms with Crippen LogP contribution in [0.5, 0.6) is 0 Å². The third-order valence-corrected chi connectivity index (χ3v) is 3.25. The monoisotopic (exact) mass is 262 g/mol. The molecule has 2 N–H and O–H groups in total. The van der Waals surface area contributed by atoms with E-state index in [4.69, 9.17) is 5.11 Å². The van der Waals surface area contributed by atoms with Crippen LogP contribution in [-0.4, -0.2) is 35.1 Å². The van der Waals surface area contributed by atoms with E-state index in [2.05, 4.69) is 11.4 Å². The van der Waals surface area contributed by atoms with E-state index in [9.17, 15) is 9.59 Å². The van der Waals surface area contributed by atoms with Crippen LogP contribution in [0.3, 0.4) is 0 Å². The number of hydrogen-bond acceptors (Lipinski definition) is 2. The molecule has 2 rings (SSSR count). The Morgan fingerprint density at radius 2 is 2.32 bits per heavy atom. The lowest BCUT2D eigenvalue weighted by Gasteiger charge is -2.14. The Hall–Kier alpha value is -2.04. The van der Waals surface area contributed by atoms with Gasteiger partial charge >= 0.3 is 12.0 Å². The molecule has 1 fully saturated rings. The summed E-state index contributed by atoms with van der Waals surface area (Å²) in [6.45, 7) is 3.10. The van der Waals surface area contributed by atoms with Gasteiger partial charge in [-0.05, 0) is 18.9 Å². The standard InChI is InChI=1S/C14H18N2O3/c1-10-4-2-5-11(8-10)12-9-16(14(19)15-12)7-3-6-13(17)18/h2,4-5,8,12H,3,6-7,9H2,1H3,(H,15,19)(H,17,18). The van der Waals surface area contributed by atoms with Crippen molar-refractivity contribution in [3.05, 3.63) is 35.4 Å². The SMILES string of the molecule is Cc1cccc(C2CN(CCCC(=O)O)C(=O)N2)c1. The van der Waals surface area contributed by atoms with Crippen LogP contribution in [0.15, 0.2) is 24.3 Å². The number of carbonyl (C=O) groups excluding carboxylic acids is 1. The summed E-state index contributed by atoms with van der Waals surface area (Å²) in [5.74, 6) is -0.824. The van der Waals surface area contributed by atoms with E-state index in [0.29, 0.717) is 19.5 Å². The molecule has 1 atom stereocenters. The van der Waals surface area contributed by atoms with Gasteiger partial charge in [-0.25, -0.2) is 4.79 Å². The first-order valence-electron chi connectivity index (χ1n) is 6.40. The van der Waals surface area contributed by atoms with Gasteiger partial charge in [0.1, 0.15) is 0 Å². The molecule has 1 aliphatic heterocycles. The van der Waals surface area contributed by atoms with Crippen molar-refractivity contribution in [2.45, 2.75) is 25.8 Å². The van der Waals surface area contributed by atoms with Crippen LogP contribution in [0.1, 0.15) is 30.0 Å². The highest BCUT2D eigenvalue weighted by molar-refractivity contribution is 5.77. The van der Waals surface area contributed by atoms with Crippen LogP contribution in [-0.2, 0) is 4.79 Å². The third kappa shape index (κ3) is 3.47. The van der Waals surface area contributed by atoms with Gasteiger partial charge in [-0.2, -0.15) is 0 Å². The molecule has 2 amide bonds. The number of aliphatic carboxylic acids is 1. The van der Waals surface area contributed by atoms with E-state index in [-0.39, 0.29) is 18.5 Å². The maximum atomic E-state index is 11.8. The summed E-state index contributed by atoms with van der Waals surface area (Å²) < 4.78 is 0. The van der Waals surface area contributed by atoms with E-state index in [1.54, 1.807) is 4.90 Å². The number of carbonyl (C=O) groups is 2. The molecular weight excluding hydrogens is 244 g/mol. The lowest BCUT2D eigenvalue weighted by Crippen LogP contribution is -2.29. The quantitative estimate of drug-likeness (QED) is 0.851. The number of urea groups is 1. The van der Waals surface area contributed by atoms with Gasteiger partial charge < -0.3 is 15.3 Å². The molecule has 1 aromatic carbocycles. The van der Waals surface area contributed by atoms with E-state index in [0.717, 1.165) is 11.1 Å². The molecule has 0 bridgehead atoms. The molecule has 0 spiro atoms. The Labute approximate surface area is 112 Å². The van der Waals surface area contributed by atoms with E-state index in [1.165, 1.54) is 0 Å². The second kappa shape index (κ2) is 5.73. The topological polar surface area (TPSA) is 69.6 Å². The molecule has 1 saturated heterocycles. The zero-order chi connectivity index (χ0) is 13.8. The van der Waals surface area contributed by atoms with Crippen molar-refractivity contribution in [1.82, 2.24) is 10.2 Å². The van der Waals surface area contributed by atoms with Gasteiger partial charge in [0.05, 0.1) is 6.04 Å². The summed E-state index contributed by atoms with van der Waals surface area (Å²) in [6, 6.07) is 7.94. The molecule has 0 aromatic heterocycles. The first kappa shape index (κ1) is 13.4. The zero-order valence-electron chi connectivity index (χ0n) is 10.9. The van der Waals surface area contributed by atoms with Crippen molar-refractivity contribution < 1.29 is 14.7 Å². The molecule has 5 heteroatoms. The Morgan fingerprint density at radius 1 is 1.53 bits per heavy atom. The van der Waals surface area contributed by atoms with Crippen LogP contribution in [0.25, 0.3) is 0 Å². The summed E-state index contributed by atoms with van der Waals surface area (Å²) in [4.78, 5) is 23.9. The molecule has 19 heavy (non-hydrogen) atoms. The first-order valence-corrected chi connectivity index (χ1v) is 6.40. The minimum atomic E-state index is -0.824. The fourth-order valence-electron chi connectivity index (χ4n) is 2.28. The van der Waals surface area contributed by atoms with E-state index in [1.807, 2.05) is 25.1 Å². The Kier molecular flexibility index (Phi) is 4.04. The summed E-state index contributed by atoms with van der Waals surface area (Å²) in [5, 5.41) is 11.5. The smallest absolute Gasteiger partial charge is 0.318 e. The van der Waals surface area contributed by atoms with Crippen LogP contribution < -0.4 is 5.32 Å². The number of amides is 2. The Balaban J connectivity index is 1.93. The van der Waals surface area contributed by atoms with Gasteiger partial charge in [-0.3, -0.25) is 4.79 Å². The largest absolute Gasteiger partial charge is 0.481 e. The lowest BCUT2D eigenvalue weighted by atomic mass is 10.1. The van der Waals surface area contributed by atoms with Crippen LogP contribution in [0.2, 0.25) is 0 Å². The number of benzene rings is 1. The highest BCUT2D eigenvalue weighted by Crippen LogP contribution is 2.21. The molecular formula is C14H18N2O3. The van der Waals surface area contributed by atoms with Gasteiger partial charge in [0.2, 0.25) is 0 Å². The van der Waals surface area contributed by atoms with Gasteiger partial charge in [-0.15, -0.1) is 0 Å². The Bertz CT molecular complexity index is 487. The molecule has 1 heterocycles.